The summed E-state index contributed by atoms with van der Waals surface area (Å²) in [5, 5.41) is -0.411. The molecule has 0 unspecified atom stereocenters. The van der Waals surface area contributed by atoms with Crippen LogP contribution in [0.2, 0.25) is 0 Å². The Hall–Kier alpha value is -2.84. The van der Waals surface area contributed by atoms with E-state index < -0.39 is 11.1 Å². The van der Waals surface area contributed by atoms with E-state index in [0.29, 0.717) is 31.2 Å². The van der Waals surface area contributed by atoms with Crippen LogP contribution in [-0.2, 0) is 14.3 Å². The minimum Gasteiger partial charge on any atom is -0.378 e. The van der Waals surface area contributed by atoms with Crippen LogP contribution in [0.3, 0.4) is 0 Å². The third kappa shape index (κ3) is 4.38. The van der Waals surface area contributed by atoms with Crippen molar-refractivity contribution < 1.29 is 19.1 Å². The van der Waals surface area contributed by atoms with Gasteiger partial charge < -0.3 is 14.2 Å². The van der Waals surface area contributed by atoms with Gasteiger partial charge in [-0.3, -0.25) is 19.3 Å². The van der Waals surface area contributed by atoms with Crippen molar-refractivity contribution in [2.75, 3.05) is 32.8 Å². The van der Waals surface area contributed by atoms with Gasteiger partial charge >= 0.3 is 0 Å². The number of aryl methyl sites for hydroxylation is 3. The molecule has 2 saturated heterocycles. The lowest BCUT2D eigenvalue weighted by Crippen LogP contribution is -2.46. The van der Waals surface area contributed by atoms with Crippen molar-refractivity contribution in [1.82, 2.24) is 14.4 Å². The van der Waals surface area contributed by atoms with Gasteiger partial charge in [0.2, 0.25) is 5.91 Å². The van der Waals surface area contributed by atoms with E-state index in [1.165, 1.54) is 11.1 Å². The third-order valence-electron chi connectivity index (χ3n) is 5.75. The summed E-state index contributed by atoms with van der Waals surface area (Å²) in [6, 6.07) is 8.40. The highest BCUT2D eigenvalue weighted by Gasteiger charge is 2.37. The lowest BCUT2D eigenvalue weighted by molar-refractivity contribution is -0.139. The number of aromatic nitrogens is 1. The van der Waals surface area contributed by atoms with Crippen LogP contribution in [0.15, 0.2) is 29.2 Å². The van der Waals surface area contributed by atoms with Crippen LogP contribution in [-0.4, -0.2) is 64.3 Å². The first-order valence-corrected chi connectivity index (χ1v) is 11.4. The molecule has 2 aliphatic heterocycles. The Labute approximate surface area is 192 Å². The summed E-state index contributed by atoms with van der Waals surface area (Å²) in [6.07, 6.45) is 1.76. The van der Waals surface area contributed by atoms with Gasteiger partial charge in [-0.1, -0.05) is 6.07 Å². The average molecular weight is 454 g/mol. The van der Waals surface area contributed by atoms with Crippen molar-refractivity contribution in [2.24, 2.45) is 0 Å². The number of carbonyl (C=O) groups is 3. The minimum atomic E-state index is -0.419. The smallest absolute Gasteiger partial charge is 0.294 e. The van der Waals surface area contributed by atoms with Gasteiger partial charge in [-0.15, -0.1) is 0 Å². The molecule has 4 rings (SSSR count). The highest BCUT2D eigenvalue weighted by Crippen LogP contribution is 2.34. The molecule has 0 radical (unpaired) electrons. The monoisotopic (exact) mass is 453 g/mol. The molecule has 3 heterocycles. The number of morpholine rings is 1. The van der Waals surface area contributed by atoms with Crippen molar-refractivity contribution in [2.45, 2.75) is 27.7 Å². The van der Waals surface area contributed by atoms with E-state index in [0.717, 1.165) is 39.3 Å². The molecule has 0 saturated carbocycles. The fraction of sp³-hybridized carbons (Fsp3) is 0.375. The number of thioether (sulfide) groups is 1. The number of carbonyl (C=O) groups excluding carboxylic acids is 3. The van der Waals surface area contributed by atoms with Gasteiger partial charge in [-0.2, -0.15) is 0 Å². The number of rotatable bonds is 4. The Bertz CT molecular complexity index is 1110. The molecule has 0 aliphatic carbocycles. The maximum absolute atomic E-state index is 12.9. The van der Waals surface area contributed by atoms with E-state index in [9.17, 15) is 14.4 Å². The largest absolute Gasteiger partial charge is 0.378 e. The molecule has 2 aliphatic rings. The summed E-state index contributed by atoms with van der Waals surface area (Å²) in [4.78, 5) is 40.9. The highest BCUT2D eigenvalue weighted by atomic mass is 32.2. The molecule has 3 amide bonds. The Kier molecular flexibility index (Phi) is 6.26. The van der Waals surface area contributed by atoms with Crippen molar-refractivity contribution in [3.63, 3.8) is 0 Å². The van der Waals surface area contributed by atoms with Gasteiger partial charge in [0.15, 0.2) is 0 Å². The van der Waals surface area contributed by atoms with Crippen LogP contribution in [0, 0.1) is 27.7 Å². The molecule has 1 aromatic carbocycles. The molecule has 7 nitrogen and oxygen atoms in total. The molecule has 2 fully saturated rings. The molecule has 0 atom stereocenters. The number of nitrogens with zero attached hydrogens (tertiary/aromatic N) is 3. The van der Waals surface area contributed by atoms with Gasteiger partial charge in [0, 0.05) is 30.2 Å². The molecule has 32 heavy (non-hydrogen) atoms. The molecular formula is C24H27N3O4S. The predicted molar refractivity (Wildman–Crippen MR) is 125 cm³/mol. The second-order valence-electron chi connectivity index (χ2n) is 8.27. The fourth-order valence-electron chi connectivity index (χ4n) is 4.24. The summed E-state index contributed by atoms with van der Waals surface area (Å²) in [5.74, 6) is -0.650. The SMILES string of the molecule is Cc1cc(C)cc(-n2c(C)cc(/C=C3/SC(=O)N(CC(=O)N4CCOCC4)C3=O)c2C)c1. The number of ether oxygens (including phenoxy) is 1. The Balaban J connectivity index is 1.57. The van der Waals surface area contributed by atoms with E-state index in [1.54, 1.807) is 11.0 Å². The Morgan fingerprint density at radius 1 is 1.03 bits per heavy atom. The van der Waals surface area contributed by atoms with Gasteiger partial charge in [-0.05, 0) is 80.4 Å². The molecule has 0 N–H and O–H groups in total. The molecule has 0 spiro atoms. The van der Waals surface area contributed by atoms with Crippen LogP contribution < -0.4 is 0 Å². The van der Waals surface area contributed by atoms with E-state index in [1.807, 2.05) is 19.9 Å². The quantitative estimate of drug-likeness (QED) is 0.662. The zero-order chi connectivity index (χ0) is 23.0. The number of hydrogen-bond acceptors (Lipinski definition) is 5. The second kappa shape index (κ2) is 8.96. The zero-order valence-corrected chi connectivity index (χ0v) is 19.6. The summed E-state index contributed by atoms with van der Waals surface area (Å²) in [7, 11) is 0. The minimum absolute atomic E-state index is 0.232. The second-order valence-corrected chi connectivity index (χ2v) is 9.26. The van der Waals surface area contributed by atoms with E-state index in [-0.39, 0.29) is 12.5 Å². The normalized spacial score (nSPS) is 18.2. The molecule has 2 aromatic rings. The fourth-order valence-corrected chi connectivity index (χ4v) is 5.07. The molecular weight excluding hydrogens is 426 g/mol. The van der Waals surface area contributed by atoms with Crippen molar-refractivity contribution in [3.8, 4) is 5.69 Å². The topological polar surface area (TPSA) is 71.8 Å². The third-order valence-corrected chi connectivity index (χ3v) is 6.66. The lowest BCUT2D eigenvalue weighted by atomic mass is 10.1. The van der Waals surface area contributed by atoms with Gasteiger partial charge in [0.25, 0.3) is 11.1 Å². The Morgan fingerprint density at radius 3 is 2.34 bits per heavy atom. The summed E-state index contributed by atoms with van der Waals surface area (Å²) >= 11 is 0.884. The number of benzene rings is 1. The highest BCUT2D eigenvalue weighted by molar-refractivity contribution is 8.18. The molecule has 168 valence electrons. The van der Waals surface area contributed by atoms with Crippen molar-refractivity contribution in [3.05, 3.63) is 57.2 Å². The van der Waals surface area contributed by atoms with Crippen LogP contribution in [0.4, 0.5) is 4.79 Å². The van der Waals surface area contributed by atoms with Gasteiger partial charge in [0.1, 0.15) is 6.54 Å². The van der Waals surface area contributed by atoms with Crippen LogP contribution in [0.5, 0.6) is 0 Å². The van der Waals surface area contributed by atoms with Crippen molar-refractivity contribution >= 4 is 34.9 Å². The Morgan fingerprint density at radius 2 is 1.69 bits per heavy atom. The number of amides is 3. The molecule has 8 heteroatoms. The first-order chi connectivity index (χ1) is 15.2. The number of hydrogen-bond donors (Lipinski definition) is 0. The molecule has 1 aromatic heterocycles. The van der Waals surface area contributed by atoms with Crippen LogP contribution in [0.25, 0.3) is 11.8 Å². The average Bonchev–Trinajstić information content (AvgIpc) is 3.17. The van der Waals surface area contributed by atoms with E-state index >= 15 is 0 Å². The summed E-state index contributed by atoms with van der Waals surface area (Å²) in [6.45, 7) is 9.85. The number of imide groups is 1. The zero-order valence-electron chi connectivity index (χ0n) is 18.8. The van der Waals surface area contributed by atoms with E-state index in [4.69, 9.17) is 4.74 Å². The summed E-state index contributed by atoms with van der Waals surface area (Å²) < 4.78 is 7.41. The molecule has 0 bridgehead atoms. The first kappa shape index (κ1) is 22.4. The van der Waals surface area contributed by atoms with Gasteiger partial charge in [-0.25, -0.2) is 0 Å². The maximum Gasteiger partial charge on any atom is 0.294 e. The van der Waals surface area contributed by atoms with Crippen LogP contribution in [0.1, 0.15) is 28.1 Å². The van der Waals surface area contributed by atoms with Crippen LogP contribution >= 0.6 is 11.8 Å². The van der Waals surface area contributed by atoms with E-state index in [2.05, 4.69) is 36.6 Å². The predicted octanol–water partition coefficient (Wildman–Crippen LogP) is 3.61. The van der Waals surface area contributed by atoms with Gasteiger partial charge in [0.05, 0.1) is 18.1 Å². The first-order valence-electron chi connectivity index (χ1n) is 10.6. The maximum atomic E-state index is 12.9. The lowest BCUT2D eigenvalue weighted by Gasteiger charge is -2.28. The standard InChI is InChI=1S/C24H27N3O4S/c1-15-9-16(2)11-20(10-15)27-17(3)12-19(18(27)4)13-21-23(29)26(24(30)32-21)14-22(28)25-5-7-31-8-6-25/h9-13H,5-8,14H2,1-4H3/b21-13+. The summed E-state index contributed by atoms with van der Waals surface area (Å²) in [5.41, 5.74) is 6.34. The van der Waals surface area contributed by atoms with Crippen molar-refractivity contribution in [1.29, 1.82) is 0 Å².